The topological polar surface area (TPSA) is 34.1 Å². The highest BCUT2D eigenvalue weighted by atomic mass is 16.2. The van der Waals surface area contributed by atoms with E-state index in [1.165, 1.54) is 22.3 Å². The van der Waals surface area contributed by atoms with Crippen molar-refractivity contribution in [3.05, 3.63) is 68.9 Å². The summed E-state index contributed by atoms with van der Waals surface area (Å²) >= 11 is 0. The van der Waals surface area contributed by atoms with Crippen LogP contribution < -0.4 is 0 Å². The molecule has 0 amide bonds. The van der Waals surface area contributed by atoms with Crippen molar-refractivity contribution in [2.45, 2.75) is 100 Å². The molecule has 2 heteroatoms. The van der Waals surface area contributed by atoms with E-state index in [1.807, 2.05) is 13.8 Å². The Labute approximate surface area is 190 Å². The van der Waals surface area contributed by atoms with Crippen LogP contribution in [0.4, 0.5) is 0 Å². The number of ketones is 2. The third-order valence-corrected chi connectivity index (χ3v) is 6.21. The molecule has 0 N–H and O–H groups in total. The maximum atomic E-state index is 12.4. The van der Waals surface area contributed by atoms with Gasteiger partial charge in [0, 0.05) is 11.1 Å². The summed E-state index contributed by atoms with van der Waals surface area (Å²) in [6, 6.07) is 0. The van der Waals surface area contributed by atoms with E-state index in [9.17, 15) is 9.59 Å². The first kappa shape index (κ1) is 26.8. The van der Waals surface area contributed by atoms with Gasteiger partial charge in [0.1, 0.15) is 0 Å². The summed E-state index contributed by atoms with van der Waals surface area (Å²) in [4.78, 5) is 24.5. The molecule has 0 unspecified atom stereocenters. The summed E-state index contributed by atoms with van der Waals surface area (Å²) in [5, 5.41) is 0. The maximum Gasteiger partial charge on any atom is 0.229 e. The minimum absolute atomic E-state index is 0.329. The number of rotatable bonds is 11. The van der Waals surface area contributed by atoms with Gasteiger partial charge in [-0.3, -0.25) is 9.59 Å². The molecule has 0 aromatic rings. The lowest BCUT2D eigenvalue weighted by atomic mass is 9.84. The molecule has 0 radical (unpaired) electrons. The van der Waals surface area contributed by atoms with E-state index in [2.05, 4.69) is 58.9 Å². The van der Waals surface area contributed by atoms with Crippen molar-refractivity contribution >= 4 is 11.6 Å². The normalized spacial score (nSPS) is 16.5. The second kappa shape index (κ2) is 13.2. The molecule has 170 valence electrons. The molecule has 0 aromatic heterocycles. The lowest BCUT2D eigenvalue weighted by molar-refractivity contribution is -0.132. The second-order valence-corrected chi connectivity index (χ2v) is 9.26. The van der Waals surface area contributed by atoms with Crippen LogP contribution in [0.5, 0.6) is 0 Å². The van der Waals surface area contributed by atoms with E-state index in [-0.39, 0.29) is 11.6 Å². The van der Waals surface area contributed by atoms with Gasteiger partial charge >= 0.3 is 0 Å². The van der Waals surface area contributed by atoms with Crippen molar-refractivity contribution in [1.29, 1.82) is 0 Å². The Morgan fingerprint density at radius 3 is 1.52 bits per heavy atom. The van der Waals surface area contributed by atoms with Crippen molar-refractivity contribution in [2.75, 3.05) is 0 Å². The largest absolute Gasteiger partial charge is 0.285 e. The van der Waals surface area contributed by atoms with Gasteiger partial charge in [0.05, 0.1) is 0 Å². The second-order valence-electron chi connectivity index (χ2n) is 9.26. The molecule has 0 aromatic carbocycles. The van der Waals surface area contributed by atoms with Crippen molar-refractivity contribution in [3.8, 4) is 0 Å². The molecule has 31 heavy (non-hydrogen) atoms. The van der Waals surface area contributed by atoms with E-state index < -0.39 is 0 Å². The van der Waals surface area contributed by atoms with Gasteiger partial charge in [0.25, 0.3) is 0 Å². The molecule has 0 saturated carbocycles. The zero-order valence-corrected chi connectivity index (χ0v) is 21.1. The van der Waals surface area contributed by atoms with Crippen LogP contribution in [-0.4, -0.2) is 11.6 Å². The van der Waals surface area contributed by atoms with E-state index in [0.29, 0.717) is 17.6 Å². The predicted molar refractivity (Wildman–Crippen MR) is 134 cm³/mol. The molecule has 1 aliphatic rings. The molecule has 0 heterocycles. The maximum absolute atomic E-state index is 12.4. The van der Waals surface area contributed by atoms with Gasteiger partial charge in [-0.05, 0) is 111 Å². The van der Waals surface area contributed by atoms with Crippen LogP contribution in [0.15, 0.2) is 68.9 Å². The Hall–Kier alpha value is -2.22. The molecular formula is C29H42O2. The Bertz CT molecular complexity index is 862. The Kier molecular flexibility index (Phi) is 11.5. The van der Waals surface area contributed by atoms with Crippen molar-refractivity contribution in [1.82, 2.24) is 0 Å². The average molecular weight is 423 g/mol. The van der Waals surface area contributed by atoms with E-state index in [0.717, 1.165) is 49.7 Å². The predicted octanol–water partition coefficient (Wildman–Crippen LogP) is 8.33. The van der Waals surface area contributed by atoms with Crippen LogP contribution in [0.2, 0.25) is 0 Å². The van der Waals surface area contributed by atoms with Gasteiger partial charge < -0.3 is 0 Å². The molecule has 0 spiro atoms. The number of carbonyl (C=O) groups excluding carboxylic acids is 2. The lowest BCUT2D eigenvalue weighted by Crippen LogP contribution is -2.23. The highest BCUT2D eigenvalue weighted by Crippen LogP contribution is 2.28. The highest BCUT2D eigenvalue weighted by Gasteiger charge is 2.28. The van der Waals surface area contributed by atoms with E-state index >= 15 is 0 Å². The zero-order chi connectivity index (χ0) is 23.6. The third-order valence-electron chi connectivity index (χ3n) is 6.21. The number of allylic oxidation sites excluding steroid dienone is 12. The van der Waals surface area contributed by atoms with Gasteiger partial charge in [0.2, 0.25) is 11.6 Å². The summed E-state index contributed by atoms with van der Waals surface area (Å²) in [7, 11) is 0. The quantitative estimate of drug-likeness (QED) is 0.190. The number of hydrogen-bond acceptors (Lipinski definition) is 2. The molecule has 2 nitrogen and oxygen atoms in total. The van der Waals surface area contributed by atoms with Gasteiger partial charge in [-0.2, -0.15) is 0 Å². The summed E-state index contributed by atoms with van der Waals surface area (Å²) in [6.07, 6.45) is 16.2. The van der Waals surface area contributed by atoms with Crippen LogP contribution in [0.1, 0.15) is 100 Å². The van der Waals surface area contributed by atoms with Crippen LogP contribution >= 0.6 is 0 Å². The van der Waals surface area contributed by atoms with Crippen molar-refractivity contribution in [2.24, 2.45) is 0 Å². The first-order valence-electron chi connectivity index (χ1n) is 11.6. The smallest absolute Gasteiger partial charge is 0.229 e. The van der Waals surface area contributed by atoms with E-state index in [4.69, 9.17) is 0 Å². The van der Waals surface area contributed by atoms with Crippen LogP contribution in [0, 0.1) is 0 Å². The summed E-state index contributed by atoms with van der Waals surface area (Å²) in [5.74, 6) is -0.673. The Morgan fingerprint density at radius 1 is 0.581 bits per heavy atom. The fraction of sp³-hybridized carbons (Fsp3) is 0.517. The lowest BCUT2D eigenvalue weighted by Gasteiger charge is -2.18. The molecule has 0 saturated heterocycles. The molecule has 0 bridgehead atoms. The van der Waals surface area contributed by atoms with Gasteiger partial charge in [-0.1, -0.05) is 46.6 Å². The summed E-state index contributed by atoms with van der Waals surface area (Å²) in [6.45, 7) is 16.5. The van der Waals surface area contributed by atoms with Crippen molar-refractivity contribution < 1.29 is 9.59 Å². The van der Waals surface area contributed by atoms with Gasteiger partial charge in [0.15, 0.2) is 0 Å². The van der Waals surface area contributed by atoms with Gasteiger partial charge in [-0.15, -0.1) is 0 Å². The fourth-order valence-electron chi connectivity index (χ4n) is 3.66. The first-order valence-corrected chi connectivity index (χ1v) is 11.6. The third kappa shape index (κ3) is 9.21. The minimum Gasteiger partial charge on any atom is -0.285 e. The van der Waals surface area contributed by atoms with Gasteiger partial charge in [-0.25, -0.2) is 0 Å². The molecule has 1 rings (SSSR count). The molecule has 0 aliphatic heterocycles. The van der Waals surface area contributed by atoms with Crippen LogP contribution in [0.25, 0.3) is 0 Å². The number of hydrogen-bond donors (Lipinski definition) is 0. The molecular weight excluding hydrogens is 380 g/mol. The standard InChI is InChI=1S/C29H42O2/c1-20(2)12-9-13-21(3)14-10-15-22(4)16-11-17-23(5)18-19-27-25(7)24(6)26(8)28(30)29(27)31/h12,14,16,18H,9-11,13,15,17,19H2,1-8H3/b21-14+,22-16+,23-18+. The van der Waals surface area contributed by atoms with Crippen LogP contribution in [0.3, 0.4) is 0 Å². The number of carbonyl (C=O) groups is 2. The van der Waals surface area contributed by atoms with Crippen LogP contribution in [-0.2, 0) is 9.59 Å². The van der Waals surface area contributed by atoms with E-state index in [1.54, 1.807) is 6.92 Å². The Morgan fingerprint density at radius 2 is 1.03 bits per heavy atom. The zero-order valence-electron chi connectivity index (χ0n) is 21.1. The molecule has 0 fully saturated rings. The molecule has 0 atom stereocenters. The highest BCUT2D eigenvalue weighted by molar-refractivity contribution is 6.50. The SMILES string of the molecule is CC(C)=CCC/C(C)=C/CC/C(C)=C/CC/C(C)=C/CC1=C(C)C(C)=C(C)C(=O)C1=O. The summed E-state index contributed by atoms with van der Waals surface area (Å²) in [5.41, 5.74) is 8.73. The average Bonchev–Trinajstić information content (AvgIpc) is 2.70. The Balaban J connectivity index is 2.50. The first-order chi connectivity index (χ1) is 14.5. The minimum atomic E-state index is -0.344. The van der Waals surface area contributed by atoms with Crippen molar-refractivity contribution in [3.63, 3.8) is 0 Å². The summed E-state index contributed by atoms with van der Waals surface area (Å²) < 4.78 is 0. The number of Topliss-reactive ketones (excluding diaryl/α,β-unsaturated/α-hetero) is 2. The fourth-order valence-corrected chi connectivity index (χ4v) is 3.66. The monoisotopic (exact) mass is 422 g/mol. The molecule has 1 aliphatic carbocycles.